The van der Waals surface area contributed by atoms with Crippen molar-refractivity contribution in [2.24, 2.45) is 11.8 Å². The van der Waals surface area contributed by atoms with Gasteiger partial charge in [0.05, 0.1) is 25.2 Å². The molecule has 3 aromatic rings. The van der Waals surface area contributed by atoms with Gasteiger partial charge in [-0.05, 0) is 36.6 Å². The first-order valence-corrected chi connectivity index (χ1v) is 14.9. The number of benzene rings is 2. The molecule has 0 spiro atoms. The summed E-state index contributed by atoms with van der Waals surface area (Å²) < 4.78 is 27.0. The van der Waals surface area contributed by atoms with Crippen LogP contribution in [0.1, 0.15) is 48.0 Å². The number of nitrogens with zero attached hydrogens (tertiary/aromatic N) is 1. The molecule has 0 unspecified atom stereocenters. The number of carbonyl (C=O) groups excluding carboxylic acids is 5. The molecule has 2 N–H and O–H groups in total. The van der Waals surface area contributed by atoms with Gasteiger partial charge in [0.15, 0.2) is 29.3 Å². The topological polar surface area (TPSA) is 177 Å². The van der Waals surface area contributed by atoms with Crippen molar-refractivity contribution in [3.8, 4) is 22.6 Å². The van der Waals surface area contributed by atoms with Crippen molar-refractivity contribution in [3.63, 3.8) is 0 Å². The normalized spacial score (nSPS) is 19.7. The van der Waals surface area contributed by atoms with Gasteiger partial charge in [0.25, 0.3) is 5.91 Å². The van der Waals surface area contributed by atoms with Crippen LogP contribution in [-0.2, 0) is 33.3 Å². The van der Waals surface area contributed by atoms with E-state index in [1.807, 2.05) is 30.3 Å². The summed E-state index contributed by atoms with van der Waals surface area (Å²) in [6.07, 6.45) is -1.39. The maximum absolute atomic E-state index is 13.4. The summed E-state index contributed by atoms with van der Waals surface area (Å²) in [5.74, 6) is -6.47. The number of pyridine rings is 1. The first-order valence-electron chi connectivity index (χ1n) is 14.9. The van der Waals surface area contributed by atoms with Crippen LogP contribution in [0.2, 0.25) is 0 Å². The van der Waals surface area contributed by atoms with Crippen LogP contribution in [0.15, 0.2) is 66.9 Å². The number of methoxy groups -OCH3 is 1. The summed E-state index contributed by atoms with van der Waals surface area (Å²) in [5.41, 5.74) is 1.76. The van der Waals surface area contributed by atoms with Crippen molar-refractivity contribution >= 4 is 29.8 Å². The molecule has 4 rings (SSSR count). The molecule has 1 aromatic heterocycles. The van der Waals surface area contributed by atoms with Gasteiger partial charge in [-0.2, -0.15) is 0 Å². The van der Waals surface area contributed by atoms with Crippen LogP contribution in [0, 0.1) is 11.8 Å². The largest absolute Gasteiger partial charge is 0.503 e. The third-order valence-corrected chi connectivity index (χ3v) is 7.38. The molecule has 1 saturated heterocycles. The van der Waals surface area contributed by atoms with Crippen molar-refractivity contribution < 1.29 is 52.8 Å². The van der Waals surface area contributed by atoms with Gasteiger partial charge in [-0.3, -0.25) is 14.4 Å². The monoisotopic (exact) mass is 648 g/mol. The average Bonchev–Trinajstić information content (AvgIpc) is 3.10. The first-order chi connectivity index (χ1) is 22.5. The molecule has 1 aliphatic heterocycles. The Balaban J connectivity index is 1.47. The summed E-state index contributed by atoms with van der Waals surface area (Å²) in [6.45, 7) is 3.72. The maximum atomic E-state index is 13.4. The minimum absolute atomic E-state index is 0.0233. The number of hydrogen-bond donors (Lipinski definition) is 2. The molecule has 2 aromatic carbocycles. The van der Waals surface area contributed by atoms with Crippen LogP contribution in [0.25, 0.3) is 11.1 Å². The van der Waals surface area contributed by atoms with E-state index in [2.05, 4.69) is 10.3 Å². The molecular weight excluding hydrogens is 612 g/mol. The maximum Gasteiger partial charge on any atom is 0.338 e. The van der Waals surface area contributed by atoms with Crippen molar-refractivity contribution in [1.82, 2.24) is 10.3 Å². The Labute approximate surface area is 271 Å². The van der Waals surface area contributed by atoms with E-state index in [4.69, 9.17) is 23.7 Å². The number of aromatic hydroxyl groups is 1. The molecule has 1 aliphatic rings. The fraction of sp³-hybridized carbons (Fsp3) is 0.353. The SMILES string of the molecule is COc1ccnc(C(=O)N[C@H]2COC(=O)[C@H](CCOC(=O)c3ccc(-c4ccccc4)cc3)[C@@H](OC(=O)C(C)C)[C@H](C)OC2=O)c1O. The molecule has 0 aliphatic carbocycles. The molecule has 1 fully saturated rings. The van der Waals surface area contributed by atoms with E-state index < -0.39 is 77.9 Å². The molecular formula is C34H36N2O11. The Hall–Kier alpha value is -5.46. The number of cyclic esters (lactones) is 2. The summed E-state index contributed by atoms with van der Waals surface area (Å²) in [4.78, 5) is 68.7. The molecule has 0 saturated carbocycles. The molecule has 2 heterocycles. The van der Waals surface area contributed by atoms with Crippen LogP contribution in [0.5, 0.6) is 11.5 Å². The lowest BCUT2D eigenvalue weighted by Gasteiger charge is -2.29. The van der Waals surface area contributed by atoms with Crippen LogP contribution in [0.3, 0.4) is 0 Å². The number of nitrogens with one attached hydrogen (secondary N) is 1. The number of amides is 1. The highest BCUT2D eigenvalue weighted by Crippen LogP contribution is 2.28. The van der Waals surface area contributed by atoms with Crippen LogP contribution in [0.4, 0.5) is 0 Å². The van der Waals surface area contributed by atoms with Crippen LogP contribution < -0.4 is 10.1 Å². The molecule has 13 heteroatoms. The number of rotatable bonds is 10. The van der Waals surface area contributed by atoms with Crippen molar-refractivity contribution in [3.05, 3.63) is 78.1 Å². The lowest BCUT2D eigenvalue weighted by atomic mass is 9.94. The highest BCUT2D eigenvalue weighted by molar-refractivity contribution is 5.98. The second-order valence-corrected chi connectivity index (χ2v) is 11.0. The minimum atomic E-state index is -1.50. The highest BCUT2D eigenvalue weighted by Gasteiger charge is 2.42. The average molecular weight is 649 g/mol. The van der Waals surface area contributed by atoms with E-state index in [0.717, 1.165) is 11.1 Å². The van der Waals surface area contributed by atoms with Crippen molar-refractivity contribution in [2.45, 2.75) is 45.4 Å². The second kappa shape index (κ2) is 15.7. The van der Waals surface area contributed by atoms with Gasteiger partial charge in [0.2, 0.25) is 0 Å². The molecule has 4 atom stereocenters. The van der Waals surface area contributed by atoms with Gasteiger partial charge in [0.1, 0.15) is 18.6 Å². The molecule has 47 heavy (non-hydrogen) atoms. The Kier molecular flexibility index (Phi) is 11.5. The fourth-order valence-electron chi connectivity index (χ4n) is 4.75. The molecule has 1 amide bonds. The summed E-state index contributed by atoms with van der Waals surface area (Å²) in [7, 11) is 1.29. The predicted molar refractivity (Wildman–Crippen MR) is 165 cm³/mol. The Morgan fingerprint density at radius 3 is 2.34 bits per heavy atom. The van der Waals surface area contributed by atoms with E-state index in [1.54, 1.807) is 38.1 Å². The van der Waals surface area contributed by atoms with E-state index in [-0.39, 0.29) is 18.8 Å². The zero-order valence-electron chi connectivity index (χ0n) is 26.3. The summed E-state index contributed by atoms with van der Waals surface area (Å²) in [5, 5.41) is 12.6. The number of carbonyl (C=O) groups is 5. The van der Waals surface area contributed by atoms with E-state index in [9.17, 15) is 29.1 Å². The number of hydrogen-bond acceptors (Lipinski definition) is 12. The predicted octanol–water partition coefficient (Wildman–Crippen LogP) is 3.48. The van der Waals surface area contributed by atoms with Crippen LogP contribution in [-0.4, -0.2) is 78.4 Å². The Morgan fingerprint density at radius 2 is 1.68 bits per heavy atom. The third kappa shape index (κ3) is 8.63. The van der Waals surface area contributed by atoms with E-state index >= 15 is 0 Å². The zero-order chi connectivity index (χ0) is 34.1. The lowest BCUT2D eigenvalue weighted by molar-refractivity contribution is -0.177. The van der Waals surface area contributed by atoms with Gasteiger partial charge in [0, 0.05) is 12.3 Å². The zero-order valence-corrected chi connectivity index (χ0v) is 26.3. The van der Waals surface area contributed by atoms with Crippen LogP contribution >= 0.6 is 0 Å². The van der Waals surface area contributed by atoms with Gasteiger partial charge in [-0.25, -0.2) is 14.6 Å². The first kappa shape index (κ1) is 34.4. The van der Waals surface area contributed by atoms with Gasteiger partial charge in [-0.1, -0.05) is 56.3 Å². The number of aromatic nitrogens is 1. The van der Waals surface area contributed by atoms with Gasteiger partial charge in [-0.15, -0.1) is 0 Å². The third-order valence-electron chi connectivity index (χ3n) is 7.38. The molecule has 0 radical (unpaired) electrons. The van der Waals surface area contributed by atoms with E-state index in [0.29, 0.717) is 5.56 Å². The molecule has 13 nitrogen and oxygen atoms in total. The van der Waals surface area contributed by atoms with E-state index in [1.165, 1.54) is 26.3 Å². The minimum Gasteiger partial charge on any atom is -0.503 e. The quantitative estimate of drug-likeness (QED) is 0.242. The Morgan fingerprint density at radius 1 is 1.00 bits per heavy atom. The second-order valence-electron chi connectivity index (χ2n) is 11.0. The number of esters is 4. The van der Waals surface area contributed by atoms with Crippen molar-refractivity contribution in [2.75, 3.05) is 20.3 Å². The number of ether oxygens (including phenoxy) is 5. The fourth-order valence-corrected chi connectivity index (χ4v) is 4.75. The van der Waals surface area contributed by atoms with Gasteiger partial charge < -0.3 is 34.1 Å². The smallest absolute Gasteiger partial charge is 0.338 e. The lowest BCUT2D eigenvalue weighted by Crippen LogP contribution is -2.46. The molecule has 248 valence electrons. The summed E-state index contributed by atoms with van der Waals surface area (Å²) in [6, 6.07) is 16.3. The van der Waals surface area contributed by atoms with Gasteiger partial charge >= 0.3 is 23.9 Å². The Bertz CT molecular complexity index is 1590. The highest BCUT2D eigenvalue weighted by atomic mass is 16.6. The van der Waals surface area contributed by atoms with Crippen molar-refractivity contribution in [1.29, 1.82) is 0 Å². The standard InChI is InChI=1S/C34H36N2O11/c1-19(2)31(39)47-29-20(3)46-34(42)25(36-30(38)27-28(37)26(43-4)14-16-35-27)18-45-33(41)24(29)15-17-44-32(40)23-12-10-22(11-13-23)21-8-6-5-7-9-21/h5-14,16,19-20,24-25,29,37H,15,17-18H2,1-4H3,(H,36,38)/t20-,24+,25-,29-/m0/s1. The summed E-state index contributed by atoms with van der Waals surface area (Å²) >= 11 is 0. The molecule has 0 bridgehead atoms.